The number of ether oxygens (including phenoxy) is 1. The molecule has 0 amide bonds. The molecule has 0 aromatic heterocycles. The Kier molecular flexibility index (Phi) is 3.37. The number of allylic oxidation sites excluding steroid dienone is 3. The zero-order valence-electron chi connectivity index (χ0n) is 7.95. The second-order valence-electron chi connectivity index (χ2n) is 3.24. The molecular weight excluding hydrogens is 244 g/mol. The lowest BCUT2D eigenvalue weighted by Crippen LogP contribution is -2.35. The first kappa shape index (κ1) is 9.93. The van der Waals surface area contributed by atoms with Crippen LogP contribution in [0, 0.1) is 0 Å². The van der Waals surface area contributed by atoms with Crippen molar-refractivity contribution in [3.05, 3.63) is 22.5 Å². The lowest BCUT2D eigenvalue weighted by Gasteiger charge is -2.28. The molecule has 2 rings (SSSR count). The van der Waals surface area contributed by atoms with Gasteiger partial charge >= 0.3 is 0 Å². The molecule has 0 aliphatic carbocycles. The van der Waals surface area contributed by atoms with E-state index >= 15 is 0 Å². The van der Waals surface area contributed by atoms with Gasteiger partial charge in [-0.05, 0) is 28.4 Å². The number of nitrogens with zero attached hydrogens (tertiary/aromatic N) is 2. The molecule has 0 N–H and O–H groups in total. The molecule has 1 saturated heterocycles. The largest absolute Gasteiger partial charge is 0.378 e. The molecule has 1 fully saturated rings. The number of morpholine rings is 1. The summed E-state index contributed by atoms with van der Waals surface area (Å²) >= 11 is 3.42. The molecule has 2 aliphatic heterocycles. The number of hydrogen-bond acceptors (Lipinski definition) is 3. The van der Waals surface area contributed by atoms with Gasteiger partial charge in [0.25, 0.3) is 0 Å². The van der Waals surface area contributed by atoms with E-state index in [0.29, 0.717) is 0 Å². The Hall–Kier alpha value is -0.610. The van der Waals surface area contributed by atoms with Crippen LogP contribution in [0.1, 0.15) is 6.42 Å². The number of hydrogen-bond donors (Lipinski definition) is 0. The van der Waals surface area contributed by atoms with E-state index in [1.54, 1.807) is 0 Å². The highest BCUT2D eigenvalue weighted by molar-refractivity contribution is 9.12. The first-order valence-electron chi connectivity index (χ1n) is 4.79. The summed E-state index contributed by atoms with van der Waals surface area (Å²) in [5.41, 5.74) is 0. The Labute approximate surface area is 92.3 Å². The predicted molar refractivity (Wildman–Crippen MR) is 60.6 cm³/mol. The quantitative estimate of drug-likeness (QED) is 0.716. The fraction of sp³-hybridized carbons (Fsp3) is 0.500. The second kappa shape index (κ2) is 4.75. The maximum absolute atomic E-state index is 5.30. The van der Waals surface area contributed by atoms with Gasteiger partial charge in [0, 0.05) is 23.8 Å². The predicted octanol–water partition coefficient (Wildman–Crippen LogP) is 1.91. The highest BCUT2D eigenvalue weighted by atomic mass is 79.9. The monoisotopic (exact) mass is 256 g/mol. The maximum Gasteiger partial charge on any atom is 0.124 e. The Balaban J connectivity index is 2.03. The smallest absolute Gasteiger partial charge is 0.124 e. The molecule has 3 nitrogen and oxygen atoms in total. The molecule has 0 radical (unpaired) electrons. The SMILES string of the molecule is BrC1=CCC=C(N2CCOCC2)N=C1. The summed E-state index contributed by atoms with van der Waals surface area (Å²) in [6.45, 7) is 3.50. The van der Waals surface area contributed by atoms with Crippen LogP contribution >= 0.6 is 15.9 Å². The maximum atomic E-state index is 5.30. The molecule has 0 spiro atoms. The highest BCUT2D eigenvalue weighted by Crippen LogP contribution is 2.15. The van der Waals surface area contributed by atoms with Crippen molar-refractivity contribution < 1.29 is 4.74 Å². The van der Waals surface area contributed by atoms with Gasteiger partial charge in [-0.25, -0.2) is 4.99 Å². The van der Waals surface area contributed by atoms with Gasteiger partial charge in [-0.3, -0.25) is 0 Å². The Bertz CT molecular complexity index is 290. The van der Waals surface area contributed by atoms with E-state index < -0.39 is 0 Å². The average Bonchev–Trinajstić information content (AvgIpc) is 2.44. The number of aliphatic imine (C=N–C) groups is 1. The summed E-state index contributed by atoms with van der Waals surface area (Å²) in [4.78, 5) is 6.68. The summed E-state index contributed by atoms with van der Waals surface area (Å²) in [6, 6.07) is 0. The lowest BCUT2D eigenvalue weighted by molar-refractivity contribution is 0.0531. The van der Waals surface area contributed by atoms with Gasteiger partial charge < -0.3 is 9.64 Å². The van der Waals surface area contributed by atoms with Crippen molar-refractivity contribution in [2.24, 2.45) is 4.99 Å². The summed E-state index contributed by atoms with van der Waals surface area (Å²) in [6.07, 6.45) is 7.05. The lowest BCUT2D eigenvalue weighted by atomic mass is 10.3. The first-order chi connectivity index (χ1) is 6.86. The molecule has 2 heterocycles. The normalized spacial score (nSPS) is 22.8. The van der Waals surface area contributed by atoms with E-state index in [-0.39, 0.29) is 0 Å². The van der Waals surface area contributed by atoms with Crippen LogP contribution < -0.4 is 0 Å². The molecule has 0 saturated carbocycles. The number of halogens is 1. The van der Waals surface area contributed by atoms with Crippen molar-refractivity contribution in [1.29, 1.82) is 0 Å². The molecule has 0 atom stereocenters. The molecule has 0 aromatic carbocycles. The van der Waals surface area contributed by atoms with Crippen molar-refractivity contribution >= 4 is 22.1 Å². The minimum absolute atomic E-state index is 0.807. The third kappa shape index (κ3) is 2.45. The third-order valence-corrected chi connectivity index (χ3v) is 2.80. The fourth-order valence-electron chi connectivity index (χ4n) is 1.51. The van der Waals surface area contributed by atoms with E-state index in [0.717, 1.165) is 43.0 Å². The van der Waals surface area contributed by atoms with Crippen molar-refractivity contribution in [2.45, 2.75) is 6.42 Å². The summed E-state index contributed by atoms with van der Waals surface area (Å²) in [7, 11) is 0. The zero-order valence-corrected chi connectivity index (χ0v) is 9.53. The van der Waals surface area contributed by atoms with Crippen LogP contribution in [0.15, 0.2) is 27.4 Å². The van der Waals surface area contributed by atoms with Crippen LogP contribution in [-0.4, -0.2) is 37.4 Å². The number of rotatable bonds is 1. The second-order valence-corrected chi connectivity index (χ2v) is 4.16. The topological polar surface area (TPSA) is 24.8 Å². The summed E-state index contributed by atoms with van der Waals surface area (Å²) in [5.74, 6) is 1.07. The van der Waals surface area contributed by atoms with Crippen molar-refractivity contribution in [1.82, 2.24) is 4.90 Å². The molecule has 76 valence electrons. The molecule has 0 unspecified atom stereocenters. The van der Waals surface area contributed by atoms with Crippen molar-refractivity contribution in [3.63, 3.8) is 0 Å². The van der Waals surface area contributed by atoms with Crippen molar-refractivity contribution in [2.75, 3.05) is 26.3 Å². The summed E-state index contributed by atoms with van der Waals surface area (Å²) < 4.78 is 6.35. The van der Waals surface area contributed by atoms with Crippen LogP contribution in [0.2, 0.25) is 0 Å². The van der Waals surface area contributed by atoms with Crippen LogP contribution in [-0.2, 0) is 4.74 Å². The van der Waals surface area contributed by atoms with Crippen LogP contribution in [0.3, 0.4) is 0 Å². The van der Waals surface area contributed by atoms with Crippen LogP contribution in [0.5, 0.6) is 0 Å². The van der Waals surface area contributed by atoms with E-state index in [1.807, 2.05) is 6.21 Å². The zero-order chi connectivity index (χ0) is 9.80. The van der Waals surface area contributed by atoms with Gasteiger partial charge in [-0.2, -0.15) is 0 Å². The van der Waals surface area contributed by atoms with Gasteiger partial charge in [0.2, 0.25) is 0 Å². The van der Waals surface area contributed by atoms with Crippen LogP contribution in [0.4, 0.5) is 0 Å². The van der Waals surface area contributed by atoms with Crippen molar-refractivity contribution in [3.8, 4) is 0 Å². The third-order valence-electron chi connectivity index (χ3n) is 2.27. The van der Waals surface area contributed by atoms with E-state index in [2.05, 4.69) is 38.0 Å². The average molecular weight is 257 g/mol. The van der Waals surface area contributed by atoms with Gasteiger partial charge in [0.1, 0.15) is 5.82 Å². The van der Waals surface area contributed by atoms with Gasteiger partial charge in [-0.15, -0.1) is 0 Å². The minimum atomic E-state index is 0.807. The van der Waals surface area contributed by atoms with Gasteiger partial charge in [0.15, 0.2) is 0 Å². The first-order valence-corrected chi connectivity index (χ1v) is 5.58. The molecule has 14 heavy (non-hydrogen) atoms. The minimum Gasteiger partial charge on any atom is -0.378 e. The molecule has 0 bridgehead atoms. The molecule has 2 aliphatic rings. The Morgan fingerprint density at radius 2 is 2.07 bits per heavy atom. The Morgan fingerprint density at radius 3 is 2.86 bits per heavy atom. The van der Waals surface area contributed by atoms with Gasteiger partial charge in [0.05, 0.1) is 13.2 Å². The molecule has 4 heteroatoms. The van der Waals surface area contributed by atoms with E-state index in [1.165, 1.54) is 0 Å². The summed E-state index contributed by atoms with van der Waals surface area (Å²) in [5, 5.41) is 0. The fourth-order valence-corrected chi connectivity index (χ4v) is 1.80. The van der Waals surface area contributed by atoms with Crippen LogP contribution in [0.25, 0.3) is 0 Å². The standard InChI is InChI=1S/C10H13BrN2O/c11-9-2-1-3-10(12-8-9)13-4-6-14-7-5-13/h2-3,8H,1,4-7H2. The van der Waals surface area contributed by atoms with Gasteiger partial charge in [-0.1, -0.05) is 6.08 Å². The molecule has 0 aromatic rings. The highest BCUT2D eigenvalue weighted by Gasteiger charge is 2.12. The van der Waals surface area contributed by atoms with E-state index in [9.17, 15) is 0 Å². The Morgan fingerprint density at radius 1 is 1.29 bits per heavy atom. The molecular formula is C10H13BrN2O. The van der Waals surface area contributed by atoms with E-state index in [4.69, 9.17) is 4.74 Å².